The van der Waals surface area contributed by atoms with Gasteiger partial charge in [-0.3, -0.25) is 0 Å². The van der Waals surface area contributed by atoms with Crippen molar-refractivity contribution in [3.05, 3.63) is 0 Å². The minimum absolute atomic E-state index is 0.606. The van der Waals surface area contributed by atoms with Gasteiger partial charge in [-0.2, -0.15) is 0 Å². The van der Waals surface area contributed by atoms with Crippen LogP contribution in [-0.2, 0) is 4.74 Å². The number of rotatable bonds is 7. The van der Waals surface area contributed by atoms with E-state index in [1.54, 1.807) is 0 Å². The van der Waals surface area contributed by atoms with Gasteiger partial charge in [-0.15, -0.1) is 0 Å². The number of hydrogen-bond donors (Lipinski definition) is 1. The van der Waals surface area contributed by atoms with Crippen molar-refractivity contribution in [3.8, 4) is 0 Å². The van der Waals surface area contributed by atoms with Crippen LogP contribution in [0.15, 0.2) is 0 Å². The molecule has 2 unspecified atom stereocenters. The molecule has 1 saturated heterocycles. The highest BCUT2D eigenvalue weighted by Crippen LogP contribution is 2.54. The Bertz CT molecular complexity index is 245. The van der Waals surface area contributed by atoms with Gasteiger partial charge >= 0.3 is 0 Å². The topological polar surface area (TPSA) is 21.3 Å². The monoisotopic (exact) mass is 253 g/mol. The Labute approximate surface area is 113 Å². The molecule has 0 aromatic carbocycles. The van der Waals surface area contributed by atoms with Crippen molar-refractivity contribution in [3.63, 3.8) is 0 Å². The van der Waals surface area contributed by atoms with Gasteiger partial charge in [0.05, 0.1) is 0 Å². The molecule has 0 spiro atoms. The van der Waals surface area contributed by atoms with Crippen LogP contribution >= 0.6 is 0 Å². The molecule has 2 atom stereocenters. The molecular weight excluding hydrogens is 222 g/mol. The molecule has 2 fully saturated rings. The molecule has 106 valence electrons. The minimum Gasteiger partial charge on any atom is -0.381 e. The smallest absolute Gasteiger partial charge is 0.0468 e. The zero-order chi connectivity index (χ0) is 13.0. The van der Waals surface area contributed by atoms with Gasteiger partial charge in [-0.1, -0.05) is 33.1 Å². The molecule has 2 rings (SSSR count). The molecule has 1 saturated carbocycles. The molecule has 2 aliphatic rings. The third-order valence-electron chi connectivity index (χ3n) is 5.16. The van der Waals surface area contributed by atoms with Crippen LogP contribution in [0.5, 0.6) is 0 Å². The van der Waals surface area contributed by atoms with Crippen LogP contribution in [-0.4, -0.2) is 26.3 Å². The zero-order valence-electron chi connectivity index (χ0n) is 12.5. The summed E-state index contributed by atoms with van der Waals surface area (Å²) in [5.74, 6) is 1.87. The van der Waals surface area contributed by atoms with E-state index in [1.807, 2.05) is 0 Å². The zero-order valence-corrected chi connectivity index (χ0v) is 12.5. The highest BCUT2D eigenvalue weighted by molar-refractivity contribution is 5.01. The van der Waals surface area contributed by atoms with E-state index in [-0.39, 0.29) is 0 Å². The number of ether oxygens (including phenoxy) is 1. The predicted molar refractivity (Wildman–Crippen MR) is 76.7 cm³/mol. The van der Waals surface area contributed by atoms with Gasteiger partial charge in [0.1, 0.15) is 0 Å². The fourth-order valence-corrected chi connectivity index (χ4v) is 3.57. The lowest BCUT2D eigenvalue weighted by atomic mass is 9.92. The summed E-state index contributed by atoms with van der Waals surface area (Å²) in [5, 5.41) is 3.54. The van der Waals surface area contributed by atoms with Crippen LogP contribution in [0.2, 0.25) is 0 Å². The normalized spacial score (nSPS) is 29.2. The van der Waals surface area contributed by atoms with Crippen LogP contribution in [0.1, 0.15) is 58.8 Å². The molecule has 0 bridgehead atoms. The van der Waals surface area contributed by atoms with E-state index >= 15 is 0 Å². The van der Waals surface area contributed by atoms with Gasteiger partial charge < -0.3 is 10.1 Å². The van der Waals surface area contributed by atoms with Crippen LogP contribution in [0.4, 0.5) is 0 Å². The van der Waals surface area contributed by atoms with Gasteiger partial charge in [-0.05, 0) is 50.0 Å². The molecule has 0 radical (unpaired) electrons. The van der Waals surface area contributed by atoms with E-state index in [0.717, 1.165) is 31.1 Å². The average molecular weight is 253 g/mol. The molecule has 2 heteroatoms. The summed E-state index contributed by atoms with van der Waals surface area (Å²) in [6.45, 7) is 6.81. The standard InChI is InChI=1S/C16H31NO/c1-16(2)12-14(16)15(17-3)7-5-4-6-13-8-10-18-11-9-13/h13-15,17H,4-12H2,1-3H3. The average Bonchev–Trinajstić information content (AvgIpc) is 3.00. The number of unbranched alkanes of at least 4 members (excludes halogenated alkanes) is 1. The summed E-state index contributed by atoms with van der Waals surface area (Å²) < 4.78 is 5.41. The van der Waals surface area contributed by atoms with Crippen LogP contribution in [0.25, 0.3) is 0 Å². The molecule has 1 N–H and O–H groups in total. The van der Waals surface area contributed by atoms with Crippen molar-refractivity contribution in [2.75, 3.05) is 20.3 Å². The predicted octanol–water partition coefficient (Wildman–Crippen LogP) is 3.61. The highest BCUT2D eigenvalue weighted by Gasteiger charge is 2.49. The van der Waals surface area contributed by atoms with Crippen LogP contribution in [0, 0.1) is 17.3 Å². The van der Waals surface area contributed by atoms with E-state index in [1.165, 1.54) is 44.9 Å². The Hall–Kier alpha value is -0.0800. The van der Waals surface area contributed by atoms with Crippen LogP contribution < -0.4 is 5.32 Å². The van der Waals surface area contributed by atoms with Crippen molar-refractivity contribution in [1.82, 2.24) is 5.32 Å². The molecule has 0 amide bonds. The van der Waals surface area contributed by atoms with Crippen molar-refractivity contribution >= 4 is 0 Å². The third kappa shape index (κ3) is 3.96. The second-order valence-electron chi connectivity index (χ2n) is 7.03. The Morgan fingerprint density at radius 1 is 1.22 bits per heavy atom. The number of hydrogen-bond acceptors (Lipinski definition) is 2. The third-order valence-corrected chi connectivity index (χ3v) is 5.16. The van der Waals surface area contributed by atoms with E-state index in [9.17, 15) is 0 Å². The Balaban J connectivity index is 1.56. The molecule has 1 heterocycles. The first-order valence-electron chi connectivity index (χ1n) is 7.88. The van der Waals surface area contributed by atoms with Crippen molar-refractivity contribution < 1.29 is 4.74 Å². The molecule has 1 aliphatic heterocycles. The lowest BCUT2D eigenvalue weighted by Gasteiger charge is -2.22. The van der Waals surface area contributed by atoms with Gasteiger partial charge in [-0.25, -0.2) is 0 Å². The lowest BCUT2D eigenvalue weighted by molar-refractivity contribution is 0.0630. The lowest BCUT2D eigenvalue weighted by Crippen LogP contribution is -2.29. The summed E-state index contributed by atoms with van der Waals surface area (Å²) in [4.78, 5) is 0. The van der Waals surface area contributed by atoms with Crippen molar-refractivity contribution in [2.45, 2.75) is 64.8 Å². The molecule has 2 nitrogen and oxygen atoms in total. The summed E-state index contributed by atoms with van der Waals surface area (Å²) in [5.41, 5.74) is 0.606. The second-order valence-corrected chi connectivity index (χ2v) is 7.03. The maximum atomic E-state index is 5.41. The fourth-order valence-electron chi connectivity index (χ4n) is 3.57. The summed E-state index contributed by atoms with van der Waals surface area (Å²) in [6.07, 6.45) is 9.61. The molecule has 18 heavy (non-hydrogen) atoms. The first kappa shape index (κ1) is 14.3. The van der Waals surface area contributed by atoms with E-state index in [4.69, 9.17) is 4.74 Å². The molecule has 0 aromatic rings. The summed E-state index contributed by atoms with van der Waals surface area (Å²) in [6, 6.07) is 0.759. The maximum Gasteiger partial charge on any atom is 0.0468 e. The maximum absolute atomic E-state index is 5.41. The molecular formula is C16H31NO. The second kappa shape index (κ2) is 6.38. The quantitative estimate of drug-likeness (QED) is 0.700. The van der Waals surface area contributed by atoms with Crippen LogP contribution in [0.3, 0.4) is 0 Å². The first-order chi connectivity index (χ1) is 8.63. The fraction of sp³-hybridized carbons (Fsp3) is 1.00. The van der Waals surface area contributed by atoms with Gasteiger partial charge in [0.2, 0.25) is 0 Å². The van der Waals surface area contributed by atoms with Crippen molar-refractivity contribution in [1.29, 1.82) is 0 Å². The Kier molecular flexibility index (Phi) is 5.08. The van der Waals surface area contributed by atoms with Gasteiger partial charge in [0, 0.05) is 19.3 Å². The Morgan fingerprint density at radius 3 is 2.44 bits per heavy atom. The molecule has 0 aromatic heterocycles. The Morgan fingerprint density at radius 2 is 1.89 bits per heavy atom. The minimum atomic E-state index is 0.606. The van der Waals surface area contributed by atoms with Crippen molar-refractivity contribution in [2.24, 2.45) is 17.3 Å². The summed E-state index contributed by atoms with van der Waals surface area (Å²) in [7, 11) is 2.14. The molecule has 1 aliphatic carbocycles. The summed E-state index contributed by atoms with van der Waals surface area (Å²) >= 11 is 0. The number of nitrogens with one attached hydrogen (secondary N) is 1. The van der Waals surface area contributed by atoms with Gasteiger partial charge in [0.15, 0.2) is 0 Å². The largest absolute Gasteiger partial charge is 0.381 e. The first-order valence-corrected chi connectivity index (χ1v) is 7.88. The highest BCUT2D eigenvalue weighted by atomic mass is 16.5. The SMILES string of the molecule is CNC(CCCCC1CCOCC1)C1CC1(C)C. The van der Waals surface area contributed by atoms with E-state index < -0.39 is 0 Å². The van der Waals surface area contributed by atoms with E-state index in [2.05, 4.69) is 26.2 Å². The van der Waals surface area contributed by atoms with E-state index in [0.29, 0.717) is 5.41 Å². The van der Waals surface area contributed by atoms with Gasteiger partial charge in [0.25, 0.3) is 0 Å².